The van der Waals surface area contributed by atoms with Gasteiger partial charge in [0.15, 0.2) is 0 Å². The molecule has 80 valence electrons. The number of benzene rings is 1. The van der Waals surface area contributed by atoms with E-state index in [0.717, 1.165) is 12.1 Å². The molecule has 0 bridgehead atoms. The monoisotopic (exact) mass is 278 g/mol. The molecule has 0 amide bonds. The van der Waals surface area contributed by atoms with Gasteiger partial charge in [-0.15, -0.1) is 0 Å². The molecule has 0 aliphatic rings. The summed E-state index contributed by atoms with van der Waals surface area (Å²) in [5.41, 5.74) is -0.426. The predicted molar refractivity (Wildman–Crippen MR) is 53.8 cm³/mol. The summed E-state index contributed by atoms with van der Waals surface area (Å²) in [7, 11) is 0. The quantitative estimate of drug-likeness (QED) is 0.707. The van der Waals surface area contributed by atoms with Gasteiger partial charge in [-0.05, 0) is 18.2 Å². The highest BCUT2D eigenvalue weighted by Gasteiger charge is 2.30. The fourth-order valence-corrected chi connectivity index (χ4v) is 1.60. The average Bonchev–Trinajstić information content (AvgIpc) is 2.57. The third-order valence-corrected chi connectivity index (χ3v) is 2.58. The van der Waals surface area contributed by atoms with Crippen LogP contribution in [0.3, 0.4) is 0 Å². The van der Waals surface area contributed by atoms with Crippen LogP contribution >= 0.6 is 15.9 Å². The average molecular weight is 279 g/mol. The summed E-state index contributed by atoms with van der Waals surface area (Å²) in [6.07, 6.45) is -4.32. The summed E-state index contributed by atoms with van der Waals surface area (Å²) in [6, 6.07) is 5.19. The number of hydrogen-bond acceptors (Lipinski definition) is 1. The topological polar surface area (TPSA) is 13.1 Å². The van der Waals surface area contributed by atoms with Crippen molar-refractivity contribution in [2.24, 2.45) is 0 Å². The van der Waals surface area contributed by atoms with Crippen LogP contribution in [0.15, 0.2) is 28.7 Å². The first kappa shape index (κ1) is 10.5. The Morgan fingerprint density at radius 3 is 2.53 bits per heavy atom. The lowest BCUT2D eigenvalue weighted by Gasteiger charge is -2.04. The molecule has 5 heteroatoms. The first-order valence-corrected chi connectivity index (χ1v) is 5.28. The largest absolute Gasteiger partial charge is 0.460 e. The van der Waals surface area contributed by atoms with Gasteiger partial charge < -0.3 is 4.42 Å². The molecule has 0 fully saturated rings. The molecular formula is C10H6BrF3O. The maximum Gasteiger partial charge on any atom is 0.416 e. The Morgan fingerprint density at radius 1 is 1.20 bits per heavy atom. The van der Waals surface area contributed by atoms with Crippen LogP contribution in [0, 0.1) is 0 Å². The highest BCUT2D eigenvalue weighted by atomic mass is 79.9. The Morgan fingerprint density at radius 2 is 1.93 bits per heavy atom. The molecule has 0 N–H and O–H groups in total. The summed E-state index contributed by atoms with van der Waals surface area (Å²) in [5.74, 6) is 0.615. The molecule has 0 saturated heterocycles. The third kappa shape index (κ3) is 2.02. The Balaban J connectivity index is 2.55. The normalized spacial score (nSPS) is 12.3. The van der Waals surface area contributed by atoms with Gasteiger partial charge in [0, 0.05) is 5.39 Å². The van der Waals surface area contributed by atoms with Gasteiger partial charge in [-0.1, -0.05) is 22.0 Å². The van der Waals surface area contributed by atoms with Crippen molar-refractivity contribution in [1.82, 2.24) is 0 Å². The molecule has 15 heavy (non-hydrogen) atoms. The summed E-state index contributed by atoms with van der Waals surface area (Å²) in [5, 5.41) is 1.17. The van der Waals surface area contributed by atoms with E-state index in [0.29, 0.717) is 16.5 Å². The van der Waals surface area contributed by atoms with E-state index in [9.17, 15) is 13.2 Å². The molecule has 1 heterocycles. The van der Waals surface area contributed by atoms with Crippen LogP contribution in [0.4, 0.5) is 13.2 Å². The van der Waals surface area contributed by atoms with Crippen molar-refractivity contribution in [2.45, 2.75) is 11.5 Å². The van der Waals surface area contributed by atoms with Gasteiger partial charge in [0.05, 0.1) is 10.9 Å². The zero-order chi connectivity index (χ0) is 11.1. The number of rotatable bonds is 1. The summed E-state index contributed by atoms with van der Waals surface area (Å²) in [4.78, 5) is 0. The summed E-state index contributed by atoms with van der Waals surface area (Å²) in [6.45, 7) is 0. The van der Waals surface area contributed by atoms with Gasteiger partial charge in [-0.3, -0.25) is 0 Å². The highest BCUT2D eigenvalue weighted by Crippen LogP contribution is 2.32. The highest BCUT2D eigenvalue weighted by molar-refractivity contribution is 9.08. The SMILES string of the molecule is FC(F)(F)c1ccc2cc(CBr)oc2c1. The van der Waals surface area contributed by atoms with Gasteiger partial charge in [-0.2, -0.15) is 13.2 Å². The molecule has 0 aliphatic heterocycles. The Hall–Kier alpha value is -0.970. The molecule has 0 atom stereocenters. The third-order valence-electron chi connectivity index (χ3n) is 2.03. The lowest BCUT2D eigenvalue weighted by molar-refractivity contribution is -0.137. The number of hydrogen-bond donors (Lipinski definition) is 0. The molecule has 0 saturated carbocycles. The van der Waals surface area contributed by atoms with Gasteiger partial charge in [-0.25, -0.2) is 0 Å². The van der Waals surface area contributed by atoms with Gasteiger partial charge in [0.1, 0.15) is 11.3 Å². The second-order valence-corrected chi connectivity index (χ2v) is 3.66. The zero-order valence-corrected chi connectivity index (χ0v) is 9.02. The summed E-state index contributed by atoms with van der Waals surface area (Å²) < 4.78 is 42.3. The molecule has 0 aliphatic carbocycles. The van der Waals surface area contributed by atoms with E-state index in [1.54, 1.807) is 6.07 Å². The maximum absolute atomic E-state index is 12.4. The van der Waals surface area contributed by atoms with E-state index in [4.69, 9.17) is 4.42 Å². The van der Waals surface area contributed by atoms with Gasteiger partial charge in [0.2, 0.25) is 0 Å². The molecule has 1 aromatic heterocycles. The molecule has 0 unspecified atom stereocenters. The second-order valence-electron chi connectivity index (χ2n) is 3.10. The van der Waals surface area contributed by atoms with Crippen molar-refractivity contribution in [3.63, 3.8) is 0 Å². The van der Waals surface area contributed by atoms with Crippen molar-refractivity contribution in [1.29, 1.82) is 0 Å². The standard InChI is InChI=1S/C10H6BrF3O/c11-5-8-3-6-1-2-7(10(12,13)14)4-9(6)15-8/h1-4H,5H2. The fourth-order valence-electron chi connectivity index (χ4n) is 1.33. The lowest BCUT2D eigenvalue weighted by Crippen LogP contribution is -2.03. The van der Waals surface area contributed by atoms with Gasteiger partial charge >= 0.3 is 6.18 Å². The van der Waals surface area contributed by atoms with Gasteiger partial charge in [0.25, 0.3) is 0 Å². The van der Waals surface area contributed by atoms with Crippen molar-refractivity contribution < 1.29 is 17.6 Å². The van der Waals surface area contributed by atoms with Crippen LogP contribution in [0.25, 0.3) is 11.0 Å². The smallest absolute Gasteiger partial charge is 0.416 e. The first-order valence-electron chi connectivity index (χ1n) is 4.16. The Bertz CT molecular complexity index is 487. The molecule has 2 aromatic rings. The van der Waals surface area contributed by atoms with Crippen molar-refractivity contribution in [3.05, 3.63) is 35.6 Å². The van der Waals surface area contributed by atoms with Crippen molar-refractivity contribution >= 4 is 26.9 Å². The lowest BCUT2D eigenvalue weighted by atomic mass is 10.1. The zero-order valence-electron chi connectivity index (χ0n) is 7.44. The minimum atomic E-state index is -4.32. The second kappa shape index (κ2) is 3.56. The van der Waals surface area contributed by atoms with E-state index >= 15 is 0 Å². The van der Waals surface area contributed by atoms with Crippen LogP contribution in [-0.2, 0) is 11.5 Å². The van der Waals surface area contributed by atoms with E-state index in [2.05, 4.69) is 15.9 Å². The minimum Gasteiger partial charge on any atom is -0.460 e. The Kier molecular flexibility index (Phi) is 2.50. The van der Waals surface area contributed by atoms with Crippen LogP contribution in [0.1, 0.15) is 11.3 Å². The maximum atomic E-state index is 12.4. The van der Waals surface area contributed by atoms with E-state index < -0.39 is 11.7 Å². The number of halogens is 4. The molecule has 0 spiro atoms. The number of furan rings is 1. The van der Waals surface area contributed by atoms with Crippen LogP contribution < -0.4 is 0 Å². The molecule has 1 aromatic carbocycles. The minimum absolute atomic E-state index is 0.263. The number of fused-ring (bicyclic) bond motifs is 1. The molecule has 1 nitrogen and oxygen atoms in total. The first-order chi connectivity index (χ1) is 7.00. The van der Waals surface area contributed by atoms with E-state index in [-0.39, 0.29) is 5.58 Å². The fraction of sp³-hybridized carbons (Fsp3) is 0.200. The molecular weight excluding hydrogens is 273 g/mol. The van der Waals surface area contributed by atoms with E-state index in [1.165, 1.54) is 6.07 Å². The number of alkyl halides is 4. The van der Waals surface area contributed by atoms with Crippen LogP contribution in [0.2, 0.25) is 0 Å². The molecule has 2 rings (SSSR count). The van der Waals surface area contributed by atoms with Crippen molar-refractivity contribution in [3.8, 4) is 0 Å². The summed E-state index contributed by atoms with van der Waals surface area (Å²) >= 11 is 3.18. The predicted octanol–water partition coefficient (Wildman–Crippen LogP) is 4.35. The van der Waals surface area contributed by atoms with Crippen molar-refractivity contribution in [2.75, 3.05) is 0 Å². The van der Waals surface area contributed by atoms with E-state index in [1.807, 2.05) is 0 Å². The molecule has 0 radical (unpaired) electrons. The Labute approximate surface area is 92.0 Å². The van der Waals surface area contributed by atoms with Crippen LogP contribution in [0.5, 0.6) is 0 Å². The van der Waals surface area contributed by atoms with Crippen LogP contribution in [-0.4, -0.2) is 0 Å².